The lowest BCUT2D eigenvalue weighted by Crippen LogP contribution is -2.09. The summed E-state index contributed by atoms with van der Waals surface area (Å²) in [5.41, 5.74) is 4.89. The molecule has 0 saturated heterocycles. The van der Waals surface area contributed by atoms with Crippen molar-refractivity contribution in [3.8, 4) is 39.9 Å². The van der Waals surface area contributed by atoms with Gasteiger partial charge in [0, 0.05) is 23.6 Å². The Labute approximate surface area is 282 Å². The molecule has 0 spiro atoms. The molecule has 0 radical (unpaired) electrons. The second kappa shape index (κ2) is 17.0. The fourth-order valence-electron chi connectivity index (χ4n) is 5.42. The molecule has 5 aromatic carbocycles. The van der Waals surface area contributed by atoms with Gasteiger partial charge in [0.25, 0.3) is 0 Å². The molecule has 0 unspecified atom stereocenters. The first-order chi connectivity index (χ1) is 23.5. The van der Waals surface area contributed by atoms with Gasteiger partial charge >= 0.3 is 5.97 Å². The van der Waals surface area contributed by atoms with Gasteiger partial charge in [-0.1, -0.05) is 93.1 Å². The quantitative estimate of drug-likeness (QED) is 0.0784. The molecule has 0 bridgehead atoms. The van der Waals surface area contributed by atoms with Crippen LogP contribution in [-0.2, 0) is 24.2 Å². The molecule has 0 aliphatic carbocycles. The number of hydrogen-bond donors (Lipinski definition) is 0. The van der Waals surface area contributed by atoms with E-state index in [9.17, 15) is 9.18 Å². The Hall–Kier alpha value is -5.30. The van der Waals surface area contributed by atoms with Crippen molar-refractivity contribution in [1.29, 1.82) is 0 Å². The summed E-state index contributed by atoms with van der Waals surface area (Å²) in [7, 11) is 1.21. The number of carbonyl (C=O) groups excluding carboxylic acids is 1. The summed E-state index contributed by atoms with van der Waals surface area (Å²) < 4.78 is 44.3. The maximum atomic E-state index is 14.5. The average molecular weight is 649 g/mol. The van der Waals surface area contributed by atoms with E-state index in [0.29, 0.717) is 44.2 Å². The first kappa shape index (κ1) is 34.0. The van der Waals surface area contributed by atoms with Crippen molar-refractivity contribution < 1.29 is 32.9 Å². The highest BCUT2D eigenvalue weighted by Gasteiger charge is 2.21. The Kier molecular flexibility index (Phi) is 12.1. The normalized spacial score (nSPS) is 10.8. The van der Waals surface area contributed by atoms with Gasteiger partial charge in [0.1, 0.15) is 46.7 Å². The van der Waals surface area contributed by atoms with Crippen LogP contribution in [0.25, 0.3) is 11.1 Å². The van der Waals surface area contributed by atoms with E-state index in [1.165, 1.54) is 19.2 Å². The zero-order valence-electron chi connectivity index (χ0n) is 27.7. The van der Waals surface area contributed by atoms with Crippen LogP contribution in [0.3, 0.4) is 0 Å². The molecule has 7 heteroatoms. The van der Waals surface area contributed by atoms with Crippen LogP contribution >= 0.6 is 0 Å². The molecule has 0 heterocycles. The SMILES string of the molecule is CCCc1c(OCCCOc2cc(OCc3ccccc3)c(-c3ccccc3)cc2CC)cccc1Oc1cccc(F)c1C(=O)OC. The molecule has 0 saturated carbocycles. The number of hydrogen-bond acceptors (Lipinski definition) is 6. The van der Waals surface area contributed by atoms with Crippen LogP contribution in [0.1, 0.15) is 53.7 Å². The first-order valence-corrected chi connectivity index (χ1v) is 16.3. The Balaban J connectivity index is 1.27. The van der Waals surface area contributed by atoms with Crippen LogP contribution in [0.15, 0.2) is 109 Å². The fraction of sp³-hybridized carbons (Fsp3) is 0.244. The van der Waals surface area contributed by atoms with Gasteiger partial charge in [0.15, 0.2) is 0 Å². The van der Waals surface area contributed by atoms with E-state index in [1.54, 1.807) is 12.1 Å². The van der Waals surface area contributed by atoms with E-state index in [4.69, 9.17) is 23.7 Å². The van der Waals surface area contributed by atoms with Gasteiger partial charge < -0.3 is 23.7 Å². The number of halogens is 1. The Morgan fingerprint density at radius 2 is 1.35 bits per heavy atom. The predicted molar refractivity (Wildman–Crippen MR) is 186 cm³/mol. The van der Waals surface area contributed by atoms with Gasteiger partial charge in [-0.25, -0.2) is 9.18 Å². The Morgan fingerprint density at radius 1 is 0.688 bits per heavy atom. The third kappa shape index (κ3) is 8.53. The third-order valence-corrected chi connectivity index (χ3v) is 7.84. The molecule has 0 fully saturated rings. The largest absolute Gasteiger partial charge is 0.493 e. The van der Waals surface area contributed by atoms with Gasteiger partial charge in [0.2, 0.25) is 0 Å². The van der Waals surface area contributed by atoms with E-state index in [1.807, 2.05) is 54.6 Å². The summed E-state index contributed by atoms with van der Waals surface area (Å²) in [5.74, 6) is 1.30. The molecule has 6 nitrogen and oxygen atoms in total. The van der Waals surface area contributed by atoms with Gasteiger partial charge in [-0.3, -0.25) is 0 Å². The summed E-state index contributed by atoms with van der Waals surface area (Å²) in [6.07, 6.45) is 2.95. The number of aryl methyl sites for hydroxylation is 1. The van der Waals surface area contributed by atoms with E-state index < -0.39 is 11.8 Å². The second-order valence-corrected chi connectivity index (χ2v) is 11.2. The van der Waals surface area contributed by atoms with E-state index in [-0.39, 0.29) is 11.3 Å². The molecule has 0 atom stereocenters. The minimum atomic E-state index is -0.802. The molecule has 5 rings (SSSR count). The third-order valence-electron chi connectivity index (χ3n) is 7.84. The fourth-order valence-corrected chi connectivity index (χ4v) is 5.42. The molecule has 0 aliphatic rings. The maximum Gasteiger partial charge on any atom is 0.344 e. The van der Waals surface area contributed by atoms with Crippen LogP contribution in [0.5, 0.6) is 28.7 Å². The molecule has 0 aromatic heterocycles. The van der Waals surface area contributed by atoms with Crippen molar-refractivity contribution in [2.24, 2.45) is 0 Å². The summed E-state index contributed by atoms with van der Waals surface area (Å²) in [4.78, 5) is 12.3. The number of esters is 1. The van der Waals surface area contributed by atoms with Crippen LogP contribution < -0.4 is 18.9 Å². The number of methoxy groups -OCH3 is 1. The van der Waals surface area contributed by atoms with Gasteiger partial charge in [0.05, 0.1) is 20.3 Å². The molecule has 0 N–H and O–H groups in total. The topological polar surface area (TPSA) is 63.2 Å². The van der Waals surface area contributed by atoms with Crippen LogP contribution in [0.2, 0.25) is 0 Å². The van der Waals surface area contributed by atoms with Gasteiger partial charge in [-0.15, -0.1) is 0 Å². The maximum absolute atomic E-state index is 14.5. The minimum absolute atomic E-state index is 0.0851. The summed E-state index contributed by atoms with van der Waals surface area (Å²) in [6, 6.07) is 34.2. The molecule has 0 aliphatic heterocycles. The van der Waals surface area contributed by atoms with Gasteiger partial charge in [-0.05, 0) is 59.9 Å². The lowest BCUT2D eigenvalue weighted by Gasteiger charge is -2.18. The Bertz CT molecular complexity index is 1790. The standard InChI is InChI=1S/C41H41FO6/c1-4-15-32-35(21-13-22-36(32)48-37-23-12-20-34(42)40(37)41(43)44-3)45-24-14-25-46-38-27-39(47-28-29-16-8-6-9-17-29)33(26-30(38)5-2)31-18-10-7-11-19-31/h6-13,16-23,26-27H,4-5,14-15,24-25,28H2,1-3H3. The van der Waals surface area contributed by atoms with E-state index in [0.717, 1.165) is 52.2 Å². The van der Waals surface area contributed by atoms with Crippen molar-refractivity contribution in [3.05, 3.63) is 137 Å². The van der Waals surface area contributed by atoms with Crippen molar-refractivity contribution in [3.63, 3.8) is 0 Å². The zero-order valence-corrected chi connectivity index (χ0v) is 27.7. The Morgan fingerprint density at radius 3 is 2.06 bits per heavy atom. The van der Waals surface area contributed by atoms with Crippen molar-refractivity contribution >= 4 is 5.97 Å². The van der Waals surface area contributed by atoms with E-state index >= 15 is 0 Å². The highest BCUT2D eigenvalue weighted by molar-refractivity contribution is 5.92. The smallest absolute Gasteiger partial charge is 0.344 e. The second-order valence-electron chi connectivity index (χ2n) is 11.2. The van der Waals surface area contributed by atoms with Crippen LogP contribution in [0.4, 0.5) is 4.39 Å². The number of ether oxygens (including phenoxy) is 5. The lowest BCUT2D eigenvalue weighted by atomic mass is 10.00. The molecule has 48 heavy (non-hydrogen) atoms. The predicted octanol–water partition coefficient (Wildman–Crippen LogP) is 10.0. The number of rotatable bonds is 16. The van der Waals surface area contributed by atoms with Gasteiger partial charge in [-0.2, -0.15) is 0 Å². The first-order valence-electron chi connectivity index (χ1n) is 16.3. The number of carbonyl (C=O) groups is 1. The van der Waals surface area contributed by atoms with Crippen LogP contribution in [0, 0.1) is 5.82 Å². The van der Waals surface area contributed by atoms with Crippen molar-refractivity contribution in [2.45, 2.75) is 46.1 Å². The molecule has 5 aromatic rings. The molecular weight excluding hydrogens is 607 g/mol. The van der Waals surface area contributed by atoms with Crippen molar-refractivity contribution in [1.82, 2.24) is 0 Å². The summed E-state index contributed by atoms with van der Waals surface area (Å²) >= 11 is 0. The monoisotopic (exact) mass is 648 g/mol. The number of benzene rings is 5. The lowest BCUT2D eigenvalue weighted by molar-refractivity contribution is 0.0592. The molecule has 0 amide bonds. The van der Waals surface area contributed by atoms with Crippen LogP contribution in [-0.4, -0.2) is 26.3 Å². The molecular formula is C41H41FO6. The summed E-state index contributed by atoms with van der Waals surface area (Å²) in [6.45, 7) is 5.48. The average Bonchev–Trinajstić information content (AvgIpc) is 3.12. The summed E-state index contributed by atoms with van der Waals surface area (Å²) in [5, 5.41) is 0. The minimum Gasteiger partial charge on any atom is -0.493 e. The zero-order chi connectivity index (χ0) is 33.7. The molecule has 248 valence electrons. The van der Waals surface area contributed by atoms with E-state index in [2.05, 4.69) is 44.2 Å². The highest BCUT2D eigenvalue weighted by Crippen LogP contribution is 2.38. The van der Waals surface area contributed by atoms with Crippen molar-refractivity contribution in [2.75, 3.05) is 20.3 Å². The highest BCUT2D eigenvalue weighted by atomic mass is 19.1.